The highest BCUT2D eigenvalue weighted by atomic mass is 16.5. The second-order valence-electron chi connectivity index (χ2n) is 5.49. The molecular weight excluding hydrogens is 366 g/mol. The number of carbonyl (C=O) groups is 3. The Hall–Kier alpha value is -3.55. The van der Waals surface area contributed by atoms with Crippen LogP contribution in [-0.2, 0) is 14.3 Å². The van der Waals surface area contributed by atoms with Gasteiger partial charge >= 0.3 is 11.9 Å². The lowest BCUT2D eigenvalue weighted by Gasteiger charge is -2.11. The Labute approximate surface area is 162 Å². The molecule has 0 aliphatic heterocycles. The number of ether oxygens (including phenoxy) is 4. The lowest BCUT2D eigenvalue weighted by Crippen LogP contribution is -2.22. The zero-order chi connectivity index (χ0) is 20.5. The predicted octanol–water partition coefficient (Wildman–Crippen LogP) is 2.68. The van der Waals surface area contributed by atoms with Crippen molar-refractivity contribution in [3.63, 3.8) is 0 Å². The van der Waals surface area contributed by atoms with E-state index in [-0.39, 0.29) is 23.4 Å². The maximum atomic E-state index is 12.2. The number of amides is 1. The molecule has 0 spiro atoms. The first-order valence-electron chi connectivity index (χ1n) is 8.44. The fraction of sp³-hybridized carbons (Fsp3) is 0.250. The molecule has 0 aliphatic rings. The number of para-hydroxylation sites is 1. The van der Waals surface area contributed by atoms with Crippen molar-refractivity contribution in [2.24, 2.45) is 0 Å². The molecular formula is C20H21NO7. The molecule has 1 amide bonds. The molecule has 0 unspecified atom stereocenters. The highest BCUT2D eigenvalue weighted by Crippen LogP contribution is 2.23. The minimum atomic E-state index is -0.717. The second-order valence-corrected chi connectivity index (χ2v) is 5.49. The van der Waals surface area contributed by atoms with Crippen molar-refractivity contribution in [3.05, 3.63) is 53.6 Å². The van der Waals surface area contributed by atoms with Gasteiger partial charge in [-0.05, 0) is 31.2 Å². The Morgan fingerprint density at radius 1 is 0.893 bits per heavy atom. The fourth-order valence-corrected chi connectivity index (χ4v) is 2.30. The minimum Gasteiger partial charge on any atom is -0.497 e. The number of hydrogen-bond acceptors (Lipinski definition) is 7. The van der Waals surface area contributed by atoms with Crippen LogP contribution in [0.5, 0.6) is 11.5 Å². The first-order valence-corrected chi connectivity index (χ1v) is 8.44. The summed E-state index contributed by atoms with van der Waals surface area (Å²) in [6.07, 6.45) is 0. The van der Waals surface area contributed by atoms with Crippen LogP contribution in [0, 0.1) is 0 Å². The monoisotopic (exact) mass is 387 g/mol. The maximum absolute atomic E-state index is 12.2. The number of esters is 2. The molecule has 0 aliphatic carbocycles. The number of benzene rings is 2. The van der Waals surface area contributed by atoms with Crippen LogP contribution in [0.15, 0.2) is 42.5 Å². The average molecular weight is 387 g/mol. The summed E-state index contributed by atoms with van der Waals surface area (Å²) in [5.41, 5.74) is 0.655. The molecule has 0 bridgehead atoms. The van der Waals surface area contributed by atoms with Crippen molar-refractivity contribution in [2.75, 3.05) is 32.8 Å². The number of nitrogens with one attached hydrogen (secondary N) is 1. The van der Waals surface area contributed by atoms with Crippen LogP contribution in [-0.4, -0.2) is 45.3 Å². The van der Waals surface area contributed by atoms with Crippen LogP contribution in [0.4, 0.5) is 5.69 Å². The van der Waals surface area contributed by atoms with Gasteiger partial charge in [-0.2, -0.15) is 0 Å². The van der Waals surface area contributed by atoms with Gasteiger partial charge in [0.1, 0.15) is 11.5 Å². The van der Waals surface area contributed by atoms with Crippen molar-refractivity contribution in [2.45, 2.75) is 6.92 Å². The number of hydrogen-bond donors (Lipinski definition) is 1. The largest absolute Gasteiger partial charge is 0.497 e. The van der Waals surface area contributed by atoms with Crippen molar-refractivity contribution < 1.29 is 33.3 Å². The molecule has 148 valence electrons. The third-order valence-corrected chi connectivity index (χ3v) is 3.62. The molecule has 0 fully saturated rings. The molecule has 0 heterocycles. The molecule has 0 aromatic heterocycles. The third-order valence-electron chi connectivity index (χ3n) is 3.62. The predicted molar refractivity (Wildman–Crippen MR) is 101 cm³/mol. The first kappa shape index (κ1) is 20.8. The normalized spacial score (nSPS) is 9.96. The SMILES string of the molecule is CCOC(=O)c1ccccc1NC(=O)COC(=O)c1cc(OC)cc(OC)c1. The summed E-state index contributed by atoms with van der Waals surface area (Å²) in [5.74, 6) is -1.04. The Morgan fingerprint density at radius 2 is 1.54 bits per heavy atom. The number of anilines is 1. The summed E-state index contributed by atoms with van der Waals surface area (Å²) in [6, 6.07) is 10.9. The Kier molecular flexibility index (Phi) is 7.38. The molecule has 2 aromatic rings. The molecule has 0 saturated heterocycles. The van der Waals surface area contributed by atoms with Crippen molar-refractivity contribution in [1.29, 1.82) is 0 Å². The van der Waals surface area contributed by atoms with Gasteiger partial charge in [0.2, 0.25) is 0 Å². The van der Waals surface area contributed by atoms with Gasteiger partial charge in [0.25, 0.3) is 5.91 Å². The maximum Gasteiger partial charge on any atom is 0.340 e. The van der Waals surface area contributed by atoms with Gasteiger partial charge in [0.15, 0.2) is 6.61 Å². The second kappa shape index (κ2) is 9.96. The van der Waals surface area contributed by atoms with E-state index >= 15 is 0 Å². The summed E-state index contributed by atoms with van der Waals surface area (Å²) < 4.78 is 20.2. The van der Waals surface area contributed by atoms with Gasteiger partial charge in [-0.3, -0.25) is 4.79 Å². The highest BCUT2D eigenvalue weighted by molar-refractivity contribution is 6.02. The Balaban J connectivity index is 2.02. The van der Waals surface area contributed by atoms with Crippen molar-refractivity contribution in [1.82, 2.24) is 0 Å². The number of carbonyl (C=O) groups excluding carboxylic acids is 3. The van der Waals surface area contributed by atoms with Crippen LogP contribution < -0.4 is 14.8 Å². The third kappa shape index (κ3) is 5.47. The molecule has 0 saturated carbocycles. The van der Waals surface area contributed by atoms with Crippen LogP contribution in [0.2, 0.25) is 0 Å². The van der Waals surface area contributed by atoms with E-state index in [1.165, 1.54) is 32.4 Å². The number of methoxy groups -OCH3 is 2. The molecule has 0 atom stereocenters. The van der Waals surface area contributed by atoms with Gasteiger partial charge in [0.05, 0.1) is 37.6 Å². The van der Waals surface area contributed by atoms with E-state index in [1.54, 1.807) is 31.2 Å². The number of rotatable bonds is 8. The van der Waals surface area contributed by atoms with E-state index in [9.17, 15) is 14.4 Å². The van der Waals surface area contributed by atoms with Crippen LogP contribution in [0.25, 0.3) is 0 Å². The van der Waals surface area contributed by atoms with Crippen LogP contribution in [0.1, 0.15) is 27.6 Å². The smallest absolute Gasteiger partial charge is 0.340 e. The standard InChI is InChI=1S/C20H21NO7/c1-4-27-20(24)16-7-5-6-8-17(16)21-18(22)12-28-19(23)13-9-14(25-2)11-15(10-13)26-3/h5-11H,4,12H2,1-3H3,(H,21,22). The zero-order valence-corrected chi connectivity index (χ0v) is 15.8. The lowest BCUT2D eigenvalue weighted by molar-refractivity contribution is -0.119. The van der Waals surface area contributed by atoms with E-state index in [2.05, 4.69) is 5.32 Å². The van der Waals surface area contributed by atoms with Gasteiger partial charge < -0.3 is 24.3 Å². The molecule has 2 rings (SSSR count). The molecule has 8 heteroatoms. The van der Waals surface area contributed by atoms with E-state index in [0.29, 0.717) is 11.5 Å². The summed E-state index contributed by atoms with van der Waals surface area (Å²) in [4.78, 5) is 36.3. The van der Waals surface area contributed by atoms with Crippen molar-refractivity contribution in [3.8, 4) is 11.5 Å². The van der Waals surface area contributed by atoms with Gasteiger partial charge in [-0.1, -0.05) is 12.1 Å². The van der Waals surface area contributed by atoms with Gasteiger partial charge in [-0.25, -0.2) is 9.59 Å². The summed E-state index contributed by atoms with van der Waals surface area (Å²) in [6.45, 7) is 1.37. The van der Waals surface area contributed by atoms with E-state index in [0.717, 1.165) is 0 Å². The van der Waals surface area contributed by atoms with Gasteiger partial charge in [0, 0.05) is 6.07 Å². The minimum absolute atomic E-state index is 0.177. The highest BCUT2D eigenvalue weighted by Gasteiger charge is 2.16. The van der Waals surface area contributed by atoms with Crippen LogP contribution >= 0.6 is 0 Å². The molecule has 1 N–H and O–H groups in total. The summed E-state index contributed by atoms with van der Waals surface area (Å²) in [7, 11) is 2.91. The average Bonchev–Trinajstić information content (AvgIpc) is 2.72. The van der Waals surface area contributed by atoms with Gasteiger partial charge in [-0.15, -0.1) is 0 Å². The van der Waals surface area contributed by atoms with Crippen molar-refractivity contribution >= 4 is 23.5 Å². The topological polar surface area (TPSA) is 100 Å². The fourth-order valence-electron chi connectivity index (χ4n) is 2.30. The Bertz CT molecular complexity index is 841. The van der Waals surface area contributed by atoms with E-state index in [4.69, 9.17) is 18.9 Å². The van der Waals surface area contributed by atoms with E-state index < -0.39 is 24.5 Å². The summed E-state index contributed by atoms with van der Waals surface area (Å²) in [5, 5.41) is 2.54. The molecule has 0 radical (unpaired) electrons. The summed E-state index contributed by atoms with van der Waals surface area (Å²) >= 11 is 0. The molecule has 28 heavy (non-hydrogen) atoms. The first-order chi connectivity index (χ1) is 13.5. The molecule has 2 aromatic carbocycles. The zero-order valence-electron chi connectivity index (χ0n) is 15.8. The Morgan fingerprint density at radius 3 is 2.14 bits per heavy atom. The molecule has 8 nitrogen and oxygen atoms in total. The van der Waals surface area contributed by atoms with Crippen LogP contribution in [0.3, 0.4) is 0 Å². The quantitative estimate of drug-likeness (QED) is 0.695. The van der Waals surface area contributed by atoms with E-state index in [1.807, 2.05) is 0 Å². The lowest BCUT2D eigenvalue weighted by atomic mass is 10.2.